The van der Waals surface area contributed by atoms with Gasteiger partial charge in [0.25, 0.3) is 0 Å². The Kier molecular flexibility index (Phi) is 4.74. The SMILES string of the molecule is COC(=O)C(C)(O)CNC(C)C(C)(C)C. The van der Waals surface area contributed by atoms with Crippen LogP contribution in [0, 0.1) is 5.41 Å². The molecule has 2 N–H and O–H groups in total. The first-order valence-corrected chi connectivity index (χ1v) is 5.15. The van der Waals surface area contributed by atoms with Crippen LogP contribution in [0.15, 0.2) is 0 Å². The van der Waals surface area contributed by atoms with Gasteiger partial charge in [-0.05, 0) is 19.3 Å². The Labute approximate surface area is 92.0 Å². The Hall–Kier alpha value is -0.610. The molecule has 0 aliphatic carbocycles. The number of ether oxygens (including phenoxy) is 1. The highest BCUT2D eigenvalue weighted by Crippen LogP contribution is 2.19. The number of methoxy groups -OCH3 is 1. The van der Waals surface area contributed by atoms with E-state index in [0.717, 1.165) is 0 Å². The number of esters is 1. The molecule has 0 aliphatic heterocycles. The molecule has 0 rings (SSSR count). The van der Waals surface area contributed by atoms with Crippen molar-refractivity contribution in [3.63, 3.8) is 0 Å². The van der Waals surface area contributed by atoms with E-state index in [1.807, 2.05) is 6.92 Å². The minimum absolute atomic E-state index is 0.0895. The van der Waals surface area contributed by atoms with E-state index in [9.17, 15) is 9.90 Å². The number of carbonyl (C=O) groups excluding carboxylic acids is 1. The molecule has 0 bridgehead atoms. The summed E-state index contributed by atoms with van der Waals surface area (Å²) in [5.74, 6) is -0.615. The maximum atomic E-state index is 11.2. The van der Waals surface area contributed by atoms with Crippen LogP contribution in [0.25, 0.3) is 0 Å². The highest BCUT2D eigenvalue weighted by molar-refractivity contribution is 5.78. The van der Waals surface area contributed by atoms with Crippen molar-refractivity contribution in [2.75, 3.05) is 13.7 Å². The van der Waals surface area contributed by atoms with Crippen LogP contribution < -0.4 is 5.32 Å². The van der Waals surface area contributed by atoms with Gasteiger partial charge in [0.05, 0.1) is 7.11 Å². The van der Waals surface area contributed by atoms with Crippen molar-refractivity contribution in [1.29, 1.82) is 0 Å². The lowest BCUT2D eigenvalue weighted by Crippen LogP contribution is -2.50. The predicted octanol–water partition coefficient (Wildman–Crippen LogP) is 0.935. The molecule has 2 atom stereocenters. The molecule has 0 aromatic carbocycles. The van der Waals surface area contributed by atoms with Crippen LogP contribution in [-0.2, 0) is 9.53 Å². The lowest BCUT2D eigenvalue weighted by molar-refractivity contribution is -0.160. The summed E-state index contributed by atoms with van der Waals surface area (Å²) in [4.78, 5) is 11.2. The second-order valence-electron chi connectivity index (χ2n) is 5.23. The van der Waals surface area contributed by atoms with E-state index >= 15 is 0 Å². The van der Waals surface area contributed by atoms with E-state index in [1.165, 1.54) is 14.0 Å². The van der Waals surface area contributed by atoms with Crippen molar-refractivity contribution in [3.8, 4) is 0 Å². The van der Waals surface area contributed by atoms with Crippen molar-refractivity contribution < 1.29 is 14.6 Å². The van der Waals surface area contributed by atoms with Gasteiger partial charge in [0.2, 0.25) is 0 Å². The predicted molar refractivity (Wildman–Crippen MR) is 59.6 cm³/mol. The first kappa shape index (κ1) is 14.4. The molecule has 0 aromatic heterocycles. The normalized spacial score (nSPS) is 18.1. The number of aliphatic hydroxyl groups is 1. The first-order chi connectivity index (χ1) is 6.61. The molecule has 0 heterocycles. The highest BCUT2D eigenvalue weighted by Gasteiger charge is 2.32. The summed E-state index contributed by atoms with van der Waals surface area (Å²) < 4.78 is 4.50. The molecule has 2 unspecified atom stereocenters. The molecule has 15 heavy (non-hydrogen) atoms. The van der Waals surface area contributed by atoms with Gasteiger partial charge in [-0.1, -0.05) is 20.8 Å². The molecule has 0 amide bonds. The van der Waals surface area contributed by atoms with Gasteiger partial charge in [-0.3, -0.25) is 0 Å². The monoisotopic (exact) mass is 217 g/mol. The third-order valence-corrected chi connectivity index (χ3v) is 2.68. The van der Waals surface area contributed by atoms with Crippen LogP contribution in [0.3, 0.4) is 0 Å². The number of rotatable bonds is 4. The molecule has 0 aliphatic rings. The summed E-state index contributed by atoms with van der Waals surface area (Å²) in [5, 5.41) is 12.9. The Morgan fingerprint density at radius 1 is 1.40 bits per heavy atom. The number of nitrogens with one attached hydrogen (secondary N) is 1. The zero-order valence-electron chi connectivity index (χ0n) is 10.5. The molecule has 0 fully saturated rings. The Morgan fingerprint density at radius 2 is 1.87 bits per heavy atom. The van der Waals surface area contributed by atoms with Crippen LogP contribution in [0.5, 0.6) is 0 Å². The van der Waals surface area contributed by atoms with Crippen molar-refractivity contribution in [2.45, 2.75) is 46.3 Å². The van der Waals surface area contributed by atoms with Gasteiger partial charge in [-0.25, -0.2) is 4.79 Å². The minimum Gasteiger partial charge on any atom is -0.467 e. The fourth-order valence-electron chi connectivity index (χ4n) is 0.950. The van der Waals surface area contributed by atoms with Crippen LogP contribution in [0.2, 0.25) is 0 Å². The zero-order chi connectivity index (χ0) is 12.3. The summed E-state index contributed by atoms with van der Waals surface area (Å²) in [6, 6.07) is 0.202. The summed E-state index contributed by atoms with van der Waals surface area (Å²) in [7, 11) is 1.27. The van der Waals surface area contributed by atoms with E-state index in [1.54, 1.807) is 0 Å². The molecular formula is C11H23NO3. The number of hydrogen-bond donors (Lipinski definition) is 2. The van der Waals surface area contributed by atoms with E-state index in [-0.39, 0.29) is 18.0 Å². The fraction of sp³-hybridized carbons (Fsp3) is 0.909. The fourth-order valence-corrected chi connectivity index (χ4v) is 0.950. The van der Waals surface area contributed by atoms with Gasteiger partial charge < -0.3 is 15.2 Å². The van der Waals surface area contributed by atoms with Crippen LogP contribution >= 0.6 is 0 Å². The van der Waals surface area contributed by atoms with Crippen molar-refractivity contribution >= 4 is 5.97 Å². The molecule has 90 valence electrons. The van der Waals surface area contributed by atoms with Gasteiger partial charge in [-0.15, -0.1) is 0 Å². The lowest BCUT2D eigenvalue weighted by Gasteiger charge is -2.31. The molecule has 4 heteroatoms. The summed E-state index contributed by atoms with van der Waals surface area (Å²) in [6.07, 6.45) is 0. The molecule has 4 nitrogen and oxygen atoms in total. The Balaban J connectivity index is 4.21. The average Bonchev–Trinajstić information content (AvgIpc) is 2.11. The lowest BCUT2D eigenvalue weighted by atomic mass is 9.87. The number of hydrogen-bond acceptors (Lipinski definition) is 4. The van der Waals surface area contributed by atoms with Gasteiger partial charge >= 0.3 is 5.97 Å². The third kappa shape index (κ3) is 4.62. The largest absolute Gasteiger partial charge is 0.467 e. The zero-order valence-corrected chi connectivity index (χ0v) is 10.5. The Bertz CT molecular complexity index is 218. The number of carbonyl (C=O) groups is 1. The molecule has 0 radical (unpaired) electrons. The second-order valence-corrected chi connectivity index (χ2v) is 5.23. The third-order valence-electron chi connectivity index (χ3n) is 2.68. The molecule has 0 saturated carbocycles. The van der Waals surface area contributed by atoms with Gasteiger partial charge in [0.15, 0.2) is 5.60 Å². The second kappa shape index (κ2) is 4.94. The van der Waals surface area contributed by atoms with Gasteiger partial charge in [0, 0.05) is 12.6 Å². The summed E-state index contributed by atoms with van der Waals surface area (Å²) >= 11 is 0. The molecular weight excluding hydrogens is 194 g/mol. The molecule has 0 spiro atoms. The van der Waals surface area contributed by atoms with E-state index in [4.69, 9.17) is 0 Å². The quantitative estimate of drug-likeness (QED) is 0.688. The maximum Gasteiger partial charge on any atom is 0.338 e. The average molecular weight is 217 g/mol. The minimum atomic E-state index is -1.46. The van der Waals surface area contributed by atoms with E-state index < -0.39 is 11.6 Å². The first-order valence-electron chi connectivity index (χ1n) is 5.15. The van der Waals surface area contributed by atoms with Crippen molar-refractivity contribution in [1.82, 2.24) is 5.32 Å². The molecule has 0 aromatic rings. The topological polar surface area (TPSA) is 58.6 Å². The standard InChI is InChI=1S/C11H23NO3/c1-8(10(2,3)4)12-7-11(5,14)9(13)15-6/h8,12,14H,7H2,1-6H3. The van der Waals surface area contributed by atoms with Crippen molar-refractivity contribution in [3.05, 3.63) is 0 Å². The highest BCUT2D eigenvalue weighted by atomic mass is 16.5. The maximum absolute atomic E-state index is 11.2. The van der Waals surface area contributed by atoms with Crippen LogP contribution in [0.1, 0.15) is 34.6 Å². The molecule has 0 saturated heterocycles. The van der Waals surface area contributed by atoms with Crippen LogP contribution in [-0.4, -0.2) is 36.4 Å². The van der Waals surface area contributed by atoms with E-state index in [0.29, 0.717) is 0 Å². The van der Waals surface area contributed by atoms with E-state index in [2.05, 4.69) is 30.8 Å². The van der Waals surface area contributed by atoms with Gasteiger partial charge in [0.1, 0.15) is 0 Å². The summed E-state index contributed by atoms with van der Waals surface area (Å²) in [6.45, 7) is 9.94. The summed E-state index contributed by atoms with van der Waals surface area (Å²) in [5.41, 5.74) is -1.37. The van der Waals surface area contributed by atoms with Crippen molar-refractivity contribution in [2.24, 2.45) is 5.41 Å². The van der Waals surface area contributed by atoms with Gasteiger partial charge in [-0.2, -0.15) is 0 Å². The van der Waals surface area contributed by atoms with Crippen LogP contribution in [0.4, 0.5) is 0 Å². The smallest absolute Gasteiger partial charge is 0.338 e. The Morgan fingerprint density at radius 3 is 2.20 bits per heavy atom.